The van der Waals surface area contributed by atoms with Crippen molar-refractivity contribution in [2.75, 3.05) is 39.8 Å². The molecule has 1 aromatic rings. The van der Waals surface area contributed by atoms with Crippen LogP contribution >= 0.6 is 0 Å². The SMILES string of the molecule is CN=C(NCC1CCN(CC(F)(F)F)C1)NC1CC(C)N(Cc2ccccc2)C1. The van der Waals surface area contributed by atoms with E-state index in [1.807, 2.05) is 6.07 Å². The highest BCUT2D eigenvalue weighted by Crippen LogP contribution is 2.23. The lowest BCUT2D eigenvalue weighted by atomic mass is 10.1. The lowest BCUT2D eigenvalue weighted by molar-refractivity contribution is -0.143. The second-order valence-electron chi connectivity index (χ2n) is 8.30. The van der Waals surface area contributed by atoms with E-state index in [1.165, 1.54) is 10.5 Å². The Bertz CT molecular complexity index is 664. The van der Waals surface area contributed by atoms with Gasteiger partial charge in [0, 0.05) is 45.3 Å². The monoisotopic (exact) mass is 411 g/mol. The minimum absolute atomic E-state index is 0.216. The second kappa shape index (κ2) is 9.80. The fourth-order valence-electron chi connectivity index (χ4n) is 4.35. The first-order valence-electron chi connectivity index (χ1n) is 10.4. The van der Waals surface area contributed by atoms with Crippen molar-refractivity contribution in [2.24, 2.45) is 10.9 Å². The largest absolute Gasteiger partial charge is 0.401 e. The van der Waals surface area contributed by atoms with Gasteiger partial charge in [-0.3, -0.25) is 14.8 Å². The minimum Gasteiger partial charge on any atom is -0.356 e. The molecule has 0 amide bonds. The molecule has 2 fully saturated rings. The van der Waals surface area contributed by atoms with Crippen LogP contribution in [0, 0.1) is 5.92 Å². The molecule has 0 bridgehead atoms. The second-order valence-corrected chi connectivity index (χ2v) is 8.30. The Balaban J connectivity index is 1.41. The predicted molar refractivity (Wildman–Crippen MR) is 110 cm³/mol. The Morgan fingerprint density at radius 3 is 2.66 bits per heavy atom. The molecule has 2 aliphatic heterocycles. The Morgan fingerprint density at radius 1 is 1.21 bits per heavy atom. The summed E-state index contributed by atoms with van der Waals surface area (Å²) < 4.78 is 37.6. The van der Waals surface area contributed by atoms with Crippen LogP contribution in [0.5, 0.6) is 0 Å². The van der Waals surface area contributed by atoms with E-state index in [0.717, 1.165) is 31.9 Å². The maximum atomic E-state index is 12.5. The number of aliphatic imine (C=N–C) groups is 1. The number of alkyl halides is 3. The molecule has 0 aliphatic carbocycles. The first-order valence-corrected chi connectivity index (χ1v) is 10.4. The third-order valence-corrected chi connectivity index (χ3v) is 5.83. The molecule has 2 heterocycles. The maximum absolute atomic E-state index is 12.5. The number of nitrogens with zero attached hydrogens (tertiary/aromatic N) is 3. The number of guanidine groups is 1. The molecular formula is C21H32F3N5. The molecular weight excluding hydrogens is 379 g/mol. The standard InChI is InChI=1S/C21H32F3N5/c1-16-10-19(14-29(16)13-17-6-4-3-5-7-17)27-20(25-2)26-11-18-8-9-28(12-18)15-21(22,23)24/h3-7,16,18-19H,8-15H2,1-2H3,(H2,25,26,27). The van der Waals surface area contributed by atoms with Crippen LogP contribution in [0.15, 0.2) is 35.3 Å². The van der Waals surface area contributed by atoms with Crippen LogP contribution in [0.25, 0.3) is 0 Å². The highest BCUT2D eigenvalue weighted by Gasteiger charge is 2.34. The number of halogens is 3. The average molecular weight is 412 g/mol. The van der Waals surface area contributed by atoms with Crippen molar-refractivity contribution in [3.05, 3.63) is 35.9 Å². The van der Waals surface area contributed by atoms with Crippen molar-refractivity contribution >= 4 is 5.96 Å². The van der Waals surface area contributed by atoms with Crippen LogP contribution in [-0.4, -0.2) is 73.8 Å². The van der Waals surface area contributed by atoms with Crippen molar-refractivity contribution in [3.63, 3.8) is 0 Å². The van der Waals surface area contributed by atoms with Crippen LogP contribution in [0.4, 0.5) is 13.2 Å². The van der Waals surface area contributed by atoms with E-state index >= 15 is 0 Å². The molecule has 29 heavy (non-hydrogen) atoms. The average Bonchev–Trinajstić information content (AvgIpc) is 3.24. The fourth-order valence-corrected chi connectivity index (χ4v) is 4.35. The molecule has 3 atom stereocenters. The Labute approximate surface area is 171 Å². The van der Waals surface area contributed by atoms with Crippen LogP contribution < -0.4 is 10.6 Å². The van der Waals surface area contributed by atoms with E-state index < -0.39 is 12.7 Å². The van der Waals surface area contributed by atoms with Crippen molar-refractivity contribution in [3.8, 4) is 0 Å². The van der Waals surface area contributed by atoms with Gasteiger partial charge < -0.3 is 10.6 Å². The summed E-state index contributed by atoms with van der Waals surface area (Å²) in [5.74, 6) is 0.950. The summed E-state index contributed by atoms with van der Waals surface area (Å²) in [7, 11) is 1.74. The maximum Gasteiger partial charge on any atom is 0.401 e. The zero-order valence-corrected chi connectivity index (χ0v) is 17.3. The zero-order valence-electron chi connectivity index (χ0n) is 17.3. The molecule has 2 aliphatic rings. The molecule has 8 heteroatoms. The van der Waals surface area contributed by atoms with Crippen LogP contribution in [0.3, 0.4) is 0 Å². The van der Waals surface area contributed by atoms with Gasteiger partial charge in [0.05, 0.1) is 6.54 Å². The molecule has 0 saturated carbocycles. The Kier molecular flexibility index (Phi) is 7.40. The third-order valence-electron chi connectivity index (χ3n) is 5.83. The van der Waals surface area contributed by atoms with Gasteiger partial charge in [-0.05, 0) is 37.8 Å². The highest BCUT2D eigenvalue weighted by atomic mass is 19.4. The first kappa shape index (κ1) is 21.9. The highest BCUT2D eigenvalue weighted by molar-refractivity contribution is 5.80. The van der Waals surface area contributed by atoms with Crippen molar-refractivity contribution in [1.29, 1.82) is 0 Å². The summed E-state index contributed by atoms with van der Waals surface area (Å²) in [6, 6.07) is 11.3. The van der Waals surface area contributed by atoms with E-state index in [0.29, 0.717) is 31.7 Å². The molecule has 0 aromatic heterocycles. The van der Waals surface area contributed by atoms with E-state index in [1.54, 1.807) is 7.05 Å². The van der Waals surface area contributed by atoms with Gasteiger partial charge in [-0.1, -0.05) is 30.3 Å². The fraction of sp³-hybridized carbons (Fsp3) is 0.667. The van der Waals surface area contributed by atoms with Crippen molar-refractivity contribution in [1.82, 2.24) is 20.4 Å². The summed E-state index contributed by atoms with van der Waals surface area (Å²) in [6.45, 7) is 4.94. The van der Waals surface area contributed by atoms with E-state index in [9.17, 15) is 13.2 Å². The topological polar surface area (TPSA) is 42.9 Å². The lowest BCUT2D eigenvalue weighted by Gasteiger charge is -2.21. The molecule has 5 nitrogen and oxygen atoms in total. The first-order chi connectivity index (χ1) is 13.8. The number of rotatable bonds is 6. The molecule has 162 valence electrons. The van der Waals surface area contributed by atoms with Gasteiger partial charge in [0.2, 0.25) is 0 Å². The number of likely N-dealkylation sites (tertiary alicyclic amines) is 2. The van der Waals surface area contributed by atoms with E-state index in [4.69, 9.17) is 0 Å². The van der Waals surface area contributed by atoms with Gasteiger partial charge in [0.15, 0.2) is 5.96 Å². The molecule has 1 aromatic carbocycles. The summed E-state index contributed by atoms with van der Waals surface area (Å²) >= 11 is 0. The molecule has 2 N–H and O–H groups in total. The van der Waals surface area contributed by atoms with Gasteiger partial charge in [0.1, 0.15) is 0 Å². The lowest BCUT2D eigenvalue weighted by Crippen LogP contribution is -2.46. The van der Waals surface area contributed by atoms with Crippen molar-refractivity contribution in [2.45, 2.75) is 44.6 Å². The van der Waals surface area contributed by atoms with E-state index in [2.05, 4.69) is 51.7 Å². The summed E-state index contributed by atoms with van der Waals surface area (Å²) in [4.78, 5) is 8.26. The predicted octanol–water partition coefficient (Wildman–Crippen LogP) is 2.70. The quantitative estimate of drug-likeness (QED) is 0.558. The number of hydrogen-bond donors (Lipinski definition) is 2. The van der Waals surface area contributed by atoms with Crippen LogP contribution in [-0.2, 0) is 6.54 Å². The van der Waals surface area contributed by atoms with Gasteiger partial charge in [-0.2, -0.15) is 13.2 Å². The molecule has 2 saturated heterocycles. The molecule has 0 radical (unpaired) electrons. The van der Waals surface area contributed by atoms with Crippen LogP contribution in [0.2, 0.25) is 0 Å². The number of hydrogen-bond acceptors (Lipinski definition) is 3. The number of nitrogens with one attached hydrogen (secondary N) is 2. The van der Waals surface area contributed by atoms with Gasteiger partial charge in [0.25, 0.3) is 0 Å². The normalized spacial score (nSPS) is 26.8. The van der Waals surface area contributed by atoms with Crippen molar-refractivity contribution < 1.29 is 13.2 Å². The van der Waals surface area contributed by atoms with Gasteiger partial charge in [-0.15, -0.1) is 0 Å². The zero-order chi connectivity index (χ0) is 20.9. The molecule has 3 unspecified atom stereocenters. The van der Waals surface area contributed by atoms with E-state index in [-0.39, 0.29) is 5.92 Å². The third kappa shape index (κ3) is 6.89. The van der Waals surface area contributed by atoms with Crippen LogP contribution in [0.1, 0.15) is 25.3 Å². The Hall–Kier alpha value is -1.80. The Morgan fingerprint density at radius 2 is 1.97 bits per heavy atom. The minimum atomic E-state index is -4.12. The van der Waals surface area contributed by atoms with Gasteiger partial charge in [-0.25, -0.2) is 0 Å². The smallest absolute Gasteiger partial charge is 0.356 e. The number of benzene rings is 1. The van der Waals surface area contributed by atoms with Gasteiger partial charge >= 0.3 is 6.18 Å². The summed E-state index contributed by atoms with van der Waals surface area (Å²) in [6.07, 6.45) is -2.30. The molecule has 3 rings (SSSR count). The summed E-state index contributed by atoms with van der Waals surface area (Å²) in [5, 5.41) is 6.80. The summed E-state index contributed by atoms with van der Waals surface area (Å²) in [5.41, 5.74) is 1.31. The molecule has 0 spiro atoms.